The summed E-state index contributed by atoms with van der Waals surface area (Å²) in [5, 5.41) is 5.65. The van der Waals surface area contributed by atoms with Gasteiger partial charge in [-0.1, -0.05) is 19.9 Å². The van der Waals surface area contributed by atoms with Crippen LogP contribution in [0.25, 0.3) is 11.2 Å². The molecule has 3 heterocycles. The minimum absolute atomic E-state index is 0.284. The van der Waals surface area contributed by atoms with Crippen LogP contribution in [0.15, 0.2) is 42.0 Å². The van der Waals surface area contributed by atoms with Gasteiger partial charge in [-0.3, -0.25) is 4.98 Å². The van der Waals surface area contributed by atoms with Gasteiger partial charge in [0.1, 0.15) is 11.3 Å². The molecule has 3 rings (SSSR count). The summed E-state index contributed by atoms with van der Waals surface area (Å²) in [6.07, 6.45) is 4.43. The Hall–Kier alpha value is -2.01. The SMILES string of the molecule is CC(C)CC(Nc1ccc2nccnc2n1)c1cccs1. The van der Waals surface area contributed by atoms with E-state index >= 15 is 0 Å². The zero-order valence-electron chi connectivity index (χ0n) is 12.2. The summed E-state index contributed by atoms with van der Waals surface area (Å²) in [6.45, 7) is 4.48. The van der Waals surface area contributed by atoms with Crippen molar-refractivity contribution in [3.05, 3.63) is 46.9 Å². The molecule has 0 spiro atoms. The maximum Gasteiger partial charge on any atom is 0.180 e. The van der Waals surface area contributed by atoms with Crippen molar-refractivity contribution in [2.75, 3.05) is 5.32 Å². The molecular formula is C16H18N4S. The first-order valence-corrected chi connectivity index (χ1v) is 7.98. The molecule has 5 heteroatoms. The van der Waals surface area contributed by atoms with Crippen molar-refractivity contribution in [3.8, 4) is 0 Å². The molecule has 3 aromatic rings. The van der Waals surface area contributed by atoms with Crippen LogP contribution in [0.1, 0.15) is 31.2 Å². The Labute approximate surface area is 128 Å². The monoisotopic (exact) mass is 298 g/mol. The summed E-state index contributed by atoms with van der Waals surface area (Å²) < 4.78 is 0. The number of rotatable bonds is 5. The first-order valence-electron chi connectivity index (χ1n) is 7.10. The molecule has 0 fully saturated rings. The van der Waals surface area contributed by atoms with Crippen LogP contribution < -0.4 is 5.32 Å². The van der Waals surface area contributed by atoms with E-state index in [9.17, 15) is 0 Å². The summed E-state index contributed by atoms with van der Waals surface area (Å²) in [7, 11) is 0. The zero-order chi connectivity index (χ0) is 14.7. The van der Waals surface area contributed by atoms with Crippen LogP contribution in [-0.4, -0.2) is 15.0 Å². The highest BCUT2D eigenvalue weighted by molar-refractivity contribution is 7.10. The van der Waals surface area contributed by atoms with Crippen LogP contribution in [-0.2, 0) is 0 Å². The molecule has 0 aliphatic carbocycles. The average Bonchev–Trinajstić information content (AvgIpc) is 3.00. The van der Waals surface area contributed by atoms with Crippen molar-refractivity contribution in [1.82, 2.24) is 15.0 Å². The number of hydrogen-bond acceptors (Lipinski definition) is 5. The minimum Gasteiger partial charge on any atom is -0.362 e. The van der Waals surface area contributed by atoms with Gasteiger partial charge in [0.15, 0.2) is 5.65 Å². The standard InChI is InChI=1S/C16H18N4S/c1-11(2)10-13(14-4-3-9-21-14)19-15-6-5-12-16(20-15)18-8-7-17-12/h3-9,11,13H,10H2,1-2H3,(H,18,19,20). The van der Waals surface area contributed by atoms with E-state index in [4.69, 9.17) is 0 Å². The molecule has 21 heavy (non-hydrogen) atoms. The van der Waals surface area contributed by atoms with Gasteiger partial charge >= 0.3 is 0 Å². The molecule has 1 atom stereocenters. The Morgan fingerprint density at radius 2 is 2.00 bits per heavy atom. The summed E-state index contributed by atoms with van der Waals surface area (Å²) >= 11 is 1.78. The number of pyridine rings is 1. The van der Waals surface area contributed by atoms with Gasteiger partial charge in [-0.2, -0.15) is 0 Å². The van der Waals surface area contributed by atoms with Gasteiger partial charge in [0, 0.05) is 17.3 Å². The van der Waals surface area contributed by atoms with Gasteiger partial charge in [0.2, 0.25) is 0 Å². The highest BCUT2D eigenvalue weighted by Gasteiger charge is 2.15. The second-order valence-electron chi connectivity index (χ2n) is 5.44. The van der Waals surface area contributed by atoms with Crippen molar-refractivity contribution >= 4 is 28.3 Å². The van der Waals surface area contributed by atoms with Crippen LogP contribution in [0.3, 0.4) is 0 Å². The Kier molecular flexibility index (Phi) is 4.10. The molecular weight excluding hydrogens is 280 g/mol. The Bertz CT molecular complexity index is 709. The molecule has 3 aromatic heterocycles. The lowest BCUT2D eigenvalue weighted by Crippen LogP contribution is -2.13. The number of thiophene rings is 1. The van der Waals surface area contributed by atoms with Gasteiger partial charge in [-0.25, -0.2) is 9.97 Å². The zero-order valence-corrected chi connectivity index (χ0v) is 13.0. The van der Waals surface area contributed by atoms with E-state index in [1.165, 1.54) is 4.88 Å². The maximum absolute atomic E-state index is 4.55. The Balaban J connectivity index is 1.86. The van der Waals surface area contributed by atoms with Crippen LogP contribution >= 0.6 is 11.3 Å². The van der Waals surface area contributed by atoms with Crippen molar-refractivity contribution in [2.24, 2.45) is 5.92 Å². The average molecular weight is 298 g/mol. The minimum atomic E-state index is 0.284. The predicted molar refractivity (Wildman–Crippen MR) is 87.5 cm³/mol. The molecule has 1 unspecified atom stereocenters. The molecule has 0 aliphatic heterocycles. The second-order valence-corrected chi connectivity index (χ2v) is 6.42. The number of nitrogens with one attached hydrogen (secondary N) is 1. The molecule has 0 bridgehead atoms. The first kappa shape index (κ1) is 13.9. The van der Waals surface area contributed by atoms with Crippen LogP contribution in [0.2, 0.25) is 0 Å². The molecule has 0 aliphatic rings. The third kappa shape index (κ3) is 3.36. The summed E-state index contributed by atoms with van der Waals surface area (Å²) in [6, 6.07) is 8.47. The molecule has 1 N–H and O–H groups in total. The van der Waals surface area contributed by atoms with E-state index in [1.54, 1.807) is 23.7 Å². The lowest BCUT2D eigenvalue weighted by Gasteiger charge is -2.20. The van der Waals surface area contributed by atoms with Crippen molar-refractivity contribution < 1.29 is 0 Å². The van der Waals surface area contributed by atoms with E-state index in [-0.39, 0.29) is 6.04 Å². The van der Waals surface area contributed by atoms with Crippen LogP contribution in [0.4, 0.5) is 5.82 Å². The van der Waals surface area contributed by atoms with Crippen molar-refractivity contribution in [3.63, 3.8) is 0 Å². The summed E-state index contributed by atoms with van der Waals surface area (Å²) in [5.74, 6) is 1.46. The fourth-order valence-electron chi connectivity index (χ4n) is 2.32. The van der Waals surface area contributed by atoms with Crippen molar-refractivity contribution in [2.45, 2.75) is 26.3 Å². The van der Waals surface area contributed by atoms with E-state index in [0.717, 1.165) is 17.8 Å². The number of anilines is 1. The lowest BCUT2D eigenvalue weighted by molar-refractivity contribution is 0.534. The van der Waals surface area contributed by atoms with Crippen molar-refractivity contribution in [1.29, 1.82) is 0 Å². The normalized spacial score (nSPS) is 12.7. The molecule has 0 saturated carbocycles. The summed E-state index contributed by atoms with van der Waals surface area (Å²) in [4.78, 5) is 14.4. The summed E-state index contributed by atoms with van der Waals surface area (Å²) in [5.41, 5.74) is 1.50. The third-order valence-electron chi connectivity index (χ3n) is 3.25. The smallest absolute Gasteiger partial charge is 0.180 e. The quantitative estimate of drug-likeness (QED) is 0.763. The molecule has 0 amide bonds. The highest BCUT2D eigenvalue weighted by Crippen LogP contribution is 2.28. The van der Waals surface area contributed by atoms with Crippen LogP contribution in [0.5, 0.6) is 0 Å². The van der Waals surface area contributed by atoms with E-state index < -0.39 is 0 Å². The fraction of sp³-hybridized carbons (Fsp3) is 0.312. The first-order chi connectivity index (χ1) is 10.2. The molecule has 108 valence electrons. The third-order valence-corrected chi connectivity index (χ3v) is 4.23. The number of nitrogens with zero attached hydrogens (tertiary/aromatic N) is 3. The van der Waals surface area contributed by atoms with E-state index in [2.05, 4.69) is 51.6 Å². The van der Waals surface area contributed by atoms with Gasteiger partial charge in [-0.15, -0.1) is 11.3 Å². The van der Waals surface area contributed by atoms with Gasteiger partial charge in [0.25, 0.3) is 0 Å². The topological polar surface area (TPSA) is 50.7 Å². The Morgan fingerprint density at radius 3 is 2.76 bits per heavy atom. The second kappa shape index (κ2) is 6.18. The number of hydrogen-bond donors (Lipinski definition) is 1. The Morgan fingerprint density at radius 1 is 1.14 bits per heavy atom. The largest absolute Gasteiger partial charge is 0.362 e. The number of aromatic nitrogens is 3. The van der Waals surface area contributed by atoms with E-state index in [1.807, 2.05) is 12.1 Å². The van der Waals surface area contributed by atoms with Gasteiger partial charge < -0.3 is 5.32 Å². The van der Waals surface area contributed by atoms with Gasteiger partial charge in [-0.05, 0) is 35.9 Å². The van der Waals surface area contributed by atoms with Crippen LogP contribution in [0, 0.1) is 5.92 Å². The molecule has 4 nitrogen and oxygen atoms in total. The van der Waals surface area contributed by atoms with E-state index in [0.29, 0.717) is 11.6 Å². The molecule has 0 aromatic carbocycles. The lowest BCUT2D eigenvalue weighted by atomic mass is 10.0. The fourth-order valence-corrected chi connectivity index (χ4v) is 3.11. The maximum atomic E-state index is 4.55. The number of fused-ring (bicyclic) bond motifs is 1. The highest BCUT2D eigenvalue weighted by atomic mass is 32.1. The van der Waals surface area contributed by atoms with Gasteiger partial charge in [0.05, 0.1) is 6.04 Å². The molecule has 0 radical (unpaired) electrons. The predicted octanol–water partition coefficient (Wildman–Crippen LogP) is 4.29. The molecule has 0 saturated heterocycles.